The molecule has 0 radical (unpaired) electrons. The second kappa shape index (κ2) is 10.5. The van der Waals surface area contributed by atoms with Gasteiger partial charge in [-0.05, 0) is 32.6 Å². The van der Waals surface area contributed by atoms with Gasteiger partial charge in [-0.25, -0.2) is 0 Å². The van der Waals surface area contributed by atoms with Gasteiger partial charge in [0.05, 0.1) is 0 Å². The smallest absolute Gasteiger partial charge is 0.222 e. The van der Waals surface area contributed by atoms with E-state index in [2.05, 4.69) is 37.5 Å². The molecule has 2 rings (SSSR count). The summed E-state index contributed by atoms with van der Waals surface area (Å²) in [5.41, 5.74) is 0. The molecule has 25 heavy (non-hydrogen) atoms. The van der Waals surface area contributed by atoms with Gasteiger partial charge >= 0.3 is 0 Å². The second-order valence-corrected chi connectivity index (χ2v) is 8.49. The van der Waals surface area contributed by atoms with E-state index in [0.717, 1.165) is 45.7 Å². The highest BCUT2D eigenvalue weighted by atomic mass is 16.5. The predicted molar refractivity (Wildman–Crippen MR) is 103 cm³/mol. The molecule has 0 N–H and O–H groups in total. The maximum atomic E-state index is 12.2. The molecule has 5 heteroatoms. The van der Waals surface area contributed by atoms with E-state index in [1.54, 1.807) is 0 Å². The van der Waals surface area contributed by atoms with Gasteiger partial charge in [-0.15, -0.1) is 0 Å². The number of rotatable bonds is 10. The summed E-state index contributed by atoms with van der Waals surface area (Å²) in [4.78, 5) is 19.3. The summed E-state index contributed by atoms with van der Waals surface area (Å²) in [5, 5.41) is 0. The van der Waals surface area contributed by atoms with Crippen LogP contribution in [0.25, 0.3) is 0 Å². The van der Waals surface area contributed by atoms with Crippen LogP contribution in [0.1, 0.15) is 47.0 Å². The molecule has 0 saturated carbocycles. The summed E-state index contributed by atoms with van der Waals surface area (Å²) < 4.78 is 5.59. The highest BCUT2D eigenvalue weighted by Gasteiger charge is 2.32. The third kappa shape index (κ3) is 7.24. The van der Waals surface area contributed by atoms with Crippen LogP contribution >= 0.6 is 0 Å². The minimum absolute atomic E-state index is 0.313. The van der Waals surface area contributed by atoms with Crippen molar-refractivity contribution in [2.45, 2.75) is 53.0 Å². The van der Waals surface area contributed by atoms with E-state index in [0.29, 0.717) is 30.2 Å². The lowest BCUT2D eigenvalue weighted by Gasteiger charge is -2.44. The molecule has 0 atom stereocenters. The Morgan fingerprint density at radius 3 is 2.32 bits per heavy atom. The molecule has 2 fully saturated rings. The van der Waals surface area contributed by atoms with Crippen molar-refractivity contribution in [2.24, 2.45) is 11.8 Å². The van der Waals surface area contributed by atoms with Crippen LogP contribution in [-0.2, 0) is 9.53 Å². The first-order valence-corrected chi connectivity index (χ1v) is 10.3. The van der Waals surface area contributed by atoms with Gasteiger partial charge in [0.1, 0.15) is 0 Å². The van der Waals surface area contributed by atoms with Crippen LogP contribution in [0.4, 0.5) is 0 Å². The van der Waals surface area contributed by atoms with Crippen LogP contribution in [0.2, 0.25) is 0 Å². The molecule has 5 nitrogen and oxygen atoms in total. The Morgan fingerprint density at radius 1 is 1.04 bits per heavy atom. The Bertz CT molecular complexity index is 386. The van der Waals surface area contributed by atoms with E-state index in [9.17, 15) is 4.79 Å². The predicted octanol–water partition coefficient (Wildman–Crippen LogP) is 2.31. The maximum Gasteiger partial charge on any atom is 0.222 e. The summed E-state index contributed by atoms with van der Waals surface area (Å²) in [5.74, 6) is 1.68. The van der Waals surface area contributed by atoms with Crippen molar-refractivity contribution < 1.29 is 9.53 Å². The summed E-state index contributed by atoms with van der Waals surface area (Å²) in [6.07, 6.45) is 2.60. The number of hydrogen-bond acceptors (Lipinski definition) is 4. The van der Waals surface area contributed by atoms with Gasteiger partial charge in [0.25, 0.3) is 0 Å². The molecule has 0 aliphatic carbocycles. The molecule has 146 valence electrons. The van der Waals surface area contributed by atoms with Gasteiger partial charge in [-0.2, -0.15) is 0 Å². The van der Waals surface area contributed by atoms with Gasteiger partial charge in [0, 0.05) is 77.4 Å². The maximum absolute atomic E-state index is 12.2. The van der Waals surface area contributed by atoms with Gasteiger partial charge < -0.3 is 14.5 Å². The Labute approximate surface area is 154 Å². The molecular weight excluding hydrogens is 314 g/mol. The van der Waals surface area contributed by atoms with E-state index in [1.165, 1.54) is 26.2 Å². The molecule has 2 heterocycles. The Hall–Kier alpha value is -0.650. The van der Waals surface area contributed by atoms with Crippen LogP contribution in [0, 0.1) is 11.8 Å². The molecule has 2 aliphatic rings. The third-order valence-electron chi connectivity index (χ3n) is 5.48. The second-order valence-electron chi connectivity index (χ2n) is 8.49. The average Bonchev–Trinajstić information content (AvgIpc) is 2.53. The first kappa shape index (κ1) is 20.7. The van der Waals surface area contributed by atoms with Crippen molar-refractivity contribution in [2.75, 3.05) is 59.0 Å². The lowest BCUT2D eigenvalue weighted by Crippen LogP contribution is -2.56. The molecule has 2 saturated heterocycles. The Kier molecular flexibility index (Phi) is 8.67. The van der Waals surface area contributed by atoms with Crippen LogP contribution in [0.5, 0.6) is 0 Å². The minimum atomic E-state index is 0.313. The molecule has 0 aromatic carbocycles. The molecule has 0 spiro atoms. The van der Waals surface area contributed by atoms with Crippen molar-refractivity contribution in [3.63, 3.8) is 0 Å². The molecule has 1 amide bonds. The van der Waals surface area contributed by atoms with Crippen molar-refractivity contribution >= 4 is 5.91 Å². The number of nitrogens with zero attached hydrogens (tertiary/aromatic N) is 3. The minimum Gasteiger partial charge on any atom is -0.381 e. The fourth-order valence-electron chi connectivity index (χ4n) is 3.62. The monoisotopic (exact) mass is 353 g/mol. The normalized spacial score (nSPS) is 20.5. The summed E-state index contributed by atoms with van der Waals surface area (Å²) >= 11 is 0. The highest BCUT2D eigenvalue weighted by Crippen LogP contribution is 2.19. The van der Waals surface area contributed by atoms with E-state index < -0.39 is 0 Å². The summed E-state index contributed by atoms with van der Waals surface area (Å²) in [6, 6.07) is 0.660. The van der Waals surface area contributed by atoms with Gasteiger partial charge in [-0.1, -0.05) is 13.8 Å². The Morgan fingerprint density at radius 2 is 1.72 bits per heavy atom. The van der Waals surface area contributed by atoms with E-state index in [4.69, 9.17) is 4.74 Å². The van der Waals surface area contributed by atoms with Gasteiger partial charge in [0.15, 0.2) is 0 Å². The van der Waals surface area contributed by atoms with Gasteiger partial charge in [-0.3, -0.25) is 9.69 Å². The third-order valence-corrected chi connectivity index (χ3v) is 5.48. The zero-order chi connectivity index (χ0) is 18.2. The number of carbonyl (C=O) groups excluding carboxylic acids is 1. The van der Waals surface area contributed by atoms with Gasteiger partial charge in [0.2, 0.25) is 5.91 Å². The van der Waals surface area contributed by atoms with Crippen LogP contribution in [0.15, 0.2) is 0 Å². The van der Waals surface area contributed by atoms with Crippen molar-refractivity contribution in [1.29, 1.82) is 0 Å². The number of carbonyl (C=O) groups is 1. The topological polar surface area (TPSA) is 36.0 Å². The van der Waals surface area contributed by atoms with E-state index in [1.807, 2.05) is 4.90 Å². The number of ether oxygens (including phenoxy) is 1. The van der Waals surface area contributed by atoms with Crippen molar-refractivity contribution in [3.05, 3.63) is 0 Å². The largest absolute Gasteiger partial charge is 0.381 e. The summed E-state index contributed by atoms with van der Waals surface area (Å²) in [7, 11) is 0. The zero-order valence-corrected chi connectivity index (χ0v) is 16.9. The lowest BCUT2D eigenvalue weighted by atomic mass is 9.98. The number of likely N-dealkylation sites (tertiary alicyclic amines) is 1. The zero-order valence-electron chi connectivity index (χ0n) is 16.9. The number of hydrogen-bond donors (Lipinski definition) is 0. The van der Waals surface area contributed by atoms with Crippen LogP contribution in [-0.4, -0.2) is 85.7 Å². The molecule has 0 unspecified atom stereocenters. The molecule has 0 aromatic rings. The standard InChI is InChI=1S/C20H39N3O2/c1-17(2)7-13-25-12-5-6-20(24)23-15-19(16-23)14-21-8-10-22(11-9-21)18(3)4/h17-19H,5-16H2,1-4H3. The van der Waals surface area contributed by atoms with E-state index >= 15 is 0 Å². The average molecular weight is 354 g/mol. The lowest BCUT2D eigenvalue weighted by molar-refractivity contribution is -0.138. The first-order valence-electron chi connectivity index (χ1n) is 10.3. The highest BCUT2D eigenvalue weighted by molar-refractivity contribution is 5.76. The first-order chi connectivity index (χ1) is 12.0. The van der Waals surface area contributed by atoms with Crippen molar-refractivity contribution in [3.8, 4) is 0 Å². The molecule has 0 aromatic heterocycles. The Balaban J connectivity index is 1.48. The van der Waals surface area contributed by atoms with Crippen molar-refractivity contribution in [1.82, 2.24) is 14.7 Å². The SMILES string of the molecule is CC(C)CCOCCCC(=O)N1CC(CN2CCN(C(C)C)CC2)C1. The van der Waals surface area contributed by atoms with E-state index in [-0.39, 0.29) is 0 Å². The van der Waals surface area contributed by atoms with Crippen LogP contribution < -0.4 is 0 Å². The molecular formula is C20H39N3O2. The quantitative estimate of drug-likeness (QED) is 0.565. The summed E-state index contributed by atoms with van der Waals surface area (Å²) in [6.45, 7) is 18.3. The number of piperazine rings is 1. The molecule has 2 aliphatic heterocycles. The fraction of sp³-hybridized carbons (Fsp3) is 0.950. The molecule has 0 bridgehead atoms. The number of amides is 1. The van der Waals surface area contributed by atoms with Crippen LogP contribution in [0.3, 0.4) is 0 Å². The fourth-order valence-corrected chi connectivity index (χ4v) is 3.62.